The van der Waals surface area contributed by atoms with Gasteiger partial charge in [-0.2, -0.15) is 0 Å². The molecule has 1 fully saturated rings. The highest BCUT2D eigenvalue weighted by atomic mass is 16.2. The number of nitrogens with one attached hydrogen (secondary N) is 1. The van der Waals surface area contributed by atoms with E-state index in [2.05, 4.69) is 5.32 Å². The average molecular weight is 199 g/mol. The van der Waals surface area contributed by atoms with E-state index >= 15 is 0 Å². The van der Waals surface area contributed by atoms with Crippen LogP contribution in [0.2, 0.25) is 0 Å². The van der Waals surface area contributed by atoms with Crippen LogP contribution < -0.4 is 11.1 Å². The van der Waals surface area contributed by atoms with Crippen molar-refractivity contribution in [2.75, 3.05) is 19.6 Å². The van der Waals surface area contributed by atoms with Crippen LogP contribution in [0.25, 0.3) is 0 Å². The summed E-state index contributed by atoms with van der Waals surface area (Å²) in [6, 6.07) is 0.468. The highest BCUT2D eigenvalue weighted by molar-refractivity contribution is 5.74. The Morgan fingerprint density at radius 1 is 1.50 bits per heavy atom. The van der Waals surface area contributed by atoms with Gasteiger partial charge in [-0.15, -0.1) is 0 Å². The Kier molecular flexibility index (Phi) is 4.73. The van der Waals surface area contributed by atoms with Crippen molar-refractivity contribution in [3.8, 4) is 0 Å². The monoisotopic (exact) mass is 199 g/mol. The summed E-state index contributed by atoms with van der Waals surface area (Å²) in [6.07, 6.45) is 4.75. The molecule has 2 amide bonds. The van der Waals surface area contributed by atoms with E-state index in [9.17, 15) is 4.79 Å². The molecule has 1 aliphatic rings. The van der Waals surface area contributed by atoms with Crippen LogP contribution >= 0.6 is 0 Å². The van der Waals surface area contributed by atoms with Gasteiger partial charge in [-0.1, -0.05) is 12.8 Å². The largest absolute Gasteiger partial charge is 0.338 e. The number of nitrogens with two attached hydrogens (primary N) is 1. The fourth-order valence-electron chi connectivity index (χ4n) is 2.06. The smallest absolute Gasteiger partial charge is 0.317 e. The van der Waals surface area contributed by atoms with Crippen LogP contribution in [0.4, 0.5) is 4.79 Å². The van der Waals surface area contributed by atoms with Gasteiger partial charge >= 0.3 is 6.03 Å². The summed E-state index contributed by atoms with van der Waals surface area (Å²) in [5.74, 6) is 0. The zero-order chi connectivity index (χ0) is 10.4. The molecule has 1 aliphatic carbocycles. The van der Waals surface area contributed by atoms with Crippen LogP contribution in [0.15, 0.2) is 0 Å². The van der Waals surface area contributed by atoms with Crippen molar-refractivity contribution in [1.82, 2.24) is 10.2 Å². The summed E-state index contributed by atoms with van der Waals surface area (Å²) in [5, 5.41) is 2.84. The molecule has 0 heterocycles. The van der Waals surface area contributed by atoms with Crippen molar-refractivity contribution in [3.63, 3.8) is 0 Å². The lowest BCUT2D eigenvalue weighted by Gasteiger charge is -2.28. The Hall–Kier alpha value is -0.770. The third kappa shape index (κ3) is 2.87. The van der Waals surface area contributed by atoms with Crippen LogP contribution in [0.3, 0.4) is 0 Å². The molecule has 3 N–H and O–H groups in total. The molecule has 4 nitrogen and oxygen atoms in total. The summed E-state index contributed by atoms with van der Waals surface area (Å²) in [4.78, 5) is 13.6. The Labute approximate surface area is 85.8 Å². The Morgan fingerprint density at radius 2 is 2.14 bits per heavy atom. The van der Waals surface area contributed by atoms with Gasteiger partial charge in [0.15, 0.2) is 0 Å². The lowest BCUT2D eigenvalue weighted by atomic mass is 10.2. The van der Waals surface area contributed by atoms with Gasteiger partial charge in [0.05, 0.1) is 0 Å². The van der Waals surface area contributed by atoms with Gasteiger partial charge in [-0.25, -0.2) is 4.79 Å². The quantitative estimate of drug-likeness (QED) is 0.707. The van der Waals surface area contributed by atoms with E-state index in [4.69, 9.17) is 5.73 Å². The van der Waals surface area contributed by atoms with Gasteiger partial charge in [0.25, 0.3) is 0 Å². The van der Waals surface area contributed by atoms with Crippen molar-refractivity contribution in [2.45, 2.75) is 38.6 Å². The van der Waals surface area contributed by atoms with Crippen LogP contribution in [0, 0.1) is 0 Å². The second-order valence-corrected chi connectivity index (χ2v) is 3.76. The van der Waals surface area contributed by atoms with Crippen LogP contribution in [-0.4, -0.2) is 36.6 Å². The van der Waals surface area contributed by atoms with E-state index in [0.29, 0.717) is 25.7 Å². The first-order valence-electron chi connectivity index (χ1n) is 5.54. The van der Waals surface area contributed by atoms with E-state index in [1.165, 1.54) is 12.8 Å². The number of urea groups is 1. The van der Waals surface area contributed by atoms with Crippen molar-refractivity contribution in [3.05, 3.63) is 0 Å². The third-order valence-corrected chi connectivity index (χ3v) is 2.72. The highest BCUT2D eigenvalue weighted by Crippen LogP contribution is 2.23. The third-order valence-electron chi connectivity index (χ3n) is 2.72. The molecule has 0 saturated heterocycles. The van der Waals surface area contributed by atoms with Gasteiger partial charge in [-0.3, -0.25) is 0 Å². The maximum absolute atomic E-state index is 11.7. The van der Waals surface area contributed by atoms with Crippen molar-refractivity contribution >= 4 is 6.03 Å². The normalized spacial score (nSPS) is 17.0. The van der Waals surface area contributed by atoms with Crippen LogP contribution in [0.5, 0.6) is 0 Å². The fourth-order valence-corrected chi connectivity index (χ4v) is 2.06. The second-order valence-electron chi connectivity index (χ2n) is 3.76. The van der Waals surface area contributed by atoms with Gasteiger partial charge < -0.3 is 16.0 Å². The molecule has 4 heteroatoms. The van der Waals surface area contributed by atoms with E-state index < -0.39 is 0 Å². The van der Waals surface area contributed by atoms with Gasteiger partial charge in [0.2, 0.25) is 0 Å². The van der Waals surface area contributed by atoms with Gasteiger partial charge in [-0.05, 0) is 19.8 Å². The van der Waals surface area contributed by atoms with Crippen molar-refractivity contribution in [2.24, 2.45) is 5.73 Å². The van der Waals surface area contributed by atoms with Crippen LogP contribution in [-0.2, 0) is 0 Å². The predicted molar refractivity (Wildman–Crippen MR) is 57.1 cm³/mol. The fraction of sp³-hybridized carbons (Fsp3) is 0.900. The molecule has 1 rings (SSSR count). The Balaban J connectivity index is 2.48. The van der Waals surface area contributed by atoms with E-state index in [1.807, 2.05) is 11.8 Å². The van der Waals surface area contributed by atoms with Crippen molar-refractivity contribution in [1.29, 1.82) is 0 Å². The zero-order valence-corrected chi connectivity index (χ0v) is 8.96. The first kappa shape index (κ1) is 11.3. The van der Waals surface area contributed by atoms with E-state index in [0.717, 1.165) is 12.8 Å². The van der Waals surface area contributed by atoms with Gasteiger partial charge in [0, 0.05) is 25.7 Å². The minimum Gasteiger partial charge on any atom is -0.338 e. The molecular weight excluding hydrogens is 178 g/mol. The SMILES string of the molecule is CCNC(=O)N(CCN)C1CCCC1. The lowest BCUT2D eigenvalue weighted by molar-refractivity contribution is 0.177. The topological polar surface area (TPSA) is 58.4 Å². The van der Waals surface area contributed by atoms with Crippen LogP contribution in [0.1, 0.15) is 32.6 Å². The molecule has 0 bridgehead atoms. The van der Waals surface area contributed by atoms with Gasteiger partial charge in [0.1, 0.15) is 0 Å². The second kappa shape index (κ2) is 5.86. The number of amides is 2. The highest BCUT2D eigenvalue weighted by Gasteiger charge is 2.25. The molecule has 0 aromatic heterocycles. The number of hydrogen-bond donors (Lipinski definition) is 2. The molecule has 14 heavy (non-hydrogen) atoms. The molecule has 82 valence electrons. The minimum absolute atomic E-state index is 0.0462. The first-order chi connectivity index (χ1) is 6.79. The number of nitrogens with zero attached hydrogens (tertiary/aromatic N) is 1. The summed E-state index contributed by atoms with van der Waals surface area (Å²) >= 11 is 0. The zero-order valence-electron chi connectivity index (χ0n) is 8.96. The summed E-state index contributed by atoms with van der Waals surface area (Å²) in [6.45, 7) is 3.85. The average Bonchev–Trinajstić information content (AvgIpc) is 2.67. The Morgan fingerprint density at radius 3 is 2.64 bits per heavy atom. The maximum atomic E-state index is 11.7. The molecule has 1 saturated carbocycles. The standard InChI is InChI=1S/C10H21N3O/c1-2-12-10(14)13(8-7-11)9-5-3-4-6-9/h9H,2-8,11H2,1H3,(H,12,14). The van der Waals surface area contributed by atoms with Crippen molar-refractivity contribution < 1.29 is 4.79 Å². The number of carbonyl (C=O) groups is 1. The molecule has 0 radical (unpaired) electrons. The first-order valence-corrected chi connectivity index (χ1v) is 5.54. The molecule has 0 aliphatic heterocycles. The molecule has 0 aromatic rings. The predicted octanol–water partition coefficient (Wildman–Crippen LogP) is 0.919. The summed E-state index contributed by atoms with van der Waals surface area (Å²) in [5.41, 5.74) is 5.51. The minimum atomic E-state index is 0.0462. The molecule has 0 aromatic carbocycles. The van der Waals surface area contributed by atoms with E-state index in [-0.39, 0.29) is 6.03 Å². The molecule has 0 atom stereocenters. The molecular formula is C10H21N3O. The molecule has 0 spiro atoms. The summed E-state index contributed by atoms with van der Waals surface area (Å²) in [7, 11) is 0. The lowest BCUT2D eigenvalue weighted by Crippen LogP contribution is -2.47. The summed E-state index contributed by atoms with van der Waals surface area (Å²) < 4.78 is 0. The number of rotatable bonds is 4. The maximum Gasteiger partial charge on any atom is 0.317 e. The molecule has 0 unspecified atom stereocenters. The van der Waals surface area contributed by atoms with E-state index in [1.54, 1.807) is 0 Å². The Bertz CT molecular complexity index is 178. The number of hydrogen-bond acceptors (Lipinski definition) is 2. The number of carbonyl (C=O) groups excluding carboxylic acids is 1.